The van der Waals surface area contributed by atoms with Crippen molar-refractivity contribution in [2.24, 2.45) is 17.3 Å². The highest BCUT2D eigenvalue weighted by Gasteiger charge is 2.37. The summed E-state index contributed by atoms with van der Waals surface area (Å²) in [6, 6.07) is 0.754. The summed E-state index contributed by atoms with van der Waals surface area (Å²) in [4.78, 5) is 2.57. The van der Waals surface area contributed by atoms with Gasteiger partial charge in [0.25, 0.3) is 0 Å². The van der Waals surface area contributed by atoms with Crippen molar-refractivity contribution in [3.8, 4) is 0 Å². The van der Waals surface area contributed by atoms with Crippen molar-refractivity contribution in [3.63, 3.8) is 0 Å². The maximum Gasteiger partial charge on any atom is 0.0499 e. The van der Waals surface area contributed by atoms with E-state index < -0.39 is 0 Å². The molecule has 2 rings (SSSR count). The van der Waals surface area contributed by atoms with E-state index in [1.54, 1.807) is 0 Å². The molecule has 1 N–H and O–H groups in total. The molecule has 0 saturated heterocycles. The first-order valence-corrected chi connectivity index (χ1v) is 8.36. The van der Waals surface area contributed by atoms with Crippen molar-refractivity contribution < 1.29 is 5.11 Å². The van der Waals surface area contributed by atoms with Crippen LogP contribution in [0.5, 0.6) is 0 Å². The Morgan fingerprint density at radius 3 is 2.47 bits per heavy atom. The van der Waals surface area contributed by atoms with Crippen LogP contribution in [0.3, 0.4) is 0 Å². The zero-order valence-electron chi connectivity index (χ0n) is 13.2. The number of hydrogen-bond donors (Lipinski definition) is 1. The molecular weight excluding hydrogens is 234 g/mol. The molecule has 2 heteroatoms. The largest absolute Gasteiger partial charge is 0.396 e. The lowest BCUT2D eigenvalue weighted by atomic mass is 9.70. The molecule has 0 aromatic heterocycles. The normalized spacial score (nSPS) is 40.6. The minimum atomic E-state index is 0.188. The van der Waals surface area contributed by atoms with Crippen LogP contribution in [0.2, 0.25) is 0 Å². The first-order chi connectivity index (χ1) is 9.04. The van der Waals surface area contributed by atoms with Gasteiger partial charge in [0.05, 0.1) is 0 Å². The molecule has 2 nitrogen and oxygen atoms in total. The highest BCUT2D eigenvalue weighted by Crippen LogP contribution is 2.40. The number of aliphatic hydroxyl groups is 1. The van der Waals surface area contributed by atoms with E-state index in [2.05, 4.69) is 25.8 Å². The van der Waals surface area contributed by atoms with E-state index in [1.807, 2.05) is 0 Å². The van der Waals surface area contributed by atoms with E-state index in [4.69, 9.17) is 0 Å². The van der Waals surface area contributed by atoms with Gasteiger partial charge in [0.1, 0.15) is 0 Å². The molecule has 19 heavy (non-hydrogen) atoms. The quantitative estimate of drug-likeness (QED) is 0.840. The van der Waals surface area contributed by atoms with E-state index in [-0.39, 0.29) is 5.41 Å². The van der Waals surface area contributed by atoms with Crippen molar-refractivity contribution in [2.75, 3.05) is 20.2 Å². The number of rotatable bonds is 4. The molecular formula is C17H33NO. The lowest BCUT2D eigenvalue weighted by molar-refractivity contribution is 0.0118. The Hall–Kier alpha value is -0.0800. The number of nitrogens with zero attached hydrogens (tertiary/aromatic N) is 1. The minimum Gasteiger partial charge on any atom is -0.396 e. The fraction of sp³-hybridized carbons (Fsp3) is 1.00. The highest BCUT2D eigenvalue weighted by atomic mass is 16.3. The van der Waals surface area contributed by atoms with Crippen LogP contribution in [0.1, 0.15) is 65.2 Å². The number of hydrogen-bond acceptors (Lipinski definition) is 2. The summed E-state index contributed by atoms with van der Waals surface area (Å²) in [5, 5.41) is 9.93. The van der Waals surface area contributed by atoms with Gasteiger partial charge in [-0.25, -0.2) is 0 Å². The summed E-state index contributed by atoms with van der Waals surface area (Å²) in [6.07, 6.45) is 10.6. The average Bonchev–Trinajstić information content (AvgIpc) is 2.38. The van der Waals surface area contributed by atoms with Gasteiger partial charge in [-0.3, -0.25) is 0 Å². The maximum absolute atomic E-state index is 9.93. The Bertz CT molecular complexity index is 280. The van der Waals surface area contributed by atoms with Crippen LogP contribution in [0, 0.1) is 17.3 Å². The van der Waals surface area contributed by atoms with Gasteiger partial charge in [0.2, 0.25) is 0 Å². The molecule has 4 atom stereocenters. The van der Waals surface area contributed by atoms with Gasteiger partial charge < -0.3 is 10.0 Å². The molecule has 2 aliphatic rings. The smallest absolute Gasteiger partial charge is 0.0499 e. The third-order valence-corrected chi connectivity index (χ3v) is 5.64. The predicted octanol–water partition coefficient (Wildman–Crippen LogP) is 3.69. The van der Waals surface area contributed by atoms with Crippen LogP contribution in [0.25, 0.3) is 0 Å². The Morgan fingerprint density at radius 2 is 1.84 bits per heavy atom. The molecule has 0 heterocycles. The van der Waals surface area contributed by atoms with E-state index in [1.165, 1.54) is 51.4 Å². The van der Waals surface area contributed by atoms with Gasteiger partial charge in [-0.05, 0) is 44.6 Å². The summed E-state index contributed by atoms with van der Waals surface area (Å²) >= 11 is 0. The van der Waals surface area contributed by atoms with Gasteiger partial charge in [0.15, 0.2) is 0 Å². The monoisotopic (exact) mass is 267 g/mol. The molecule has 0 bridgehead atoms. The molecule has 2 fully saturated rings. The Kier molecular flexibility index (Phi) is 5.30. The Morgan fingerprint density at radius 1 is 1.11 bits per heavy atom. The minimum absolute atomic E-state index is 0.188. The first kappa shape index (κ1) is 15.3. The van der Waals surface area contributed by atoms with Crippen LogP contribution >= 0.6 is 0 Å². The molecule has 0 aromatic carbocycles. The Labute approximate surface area is 119 Å². The van der Waals surface area contributed by atoms with Gasteiger partial charge in [-0.2, -0.15) is 0 Å². The second-order valence-electron chi connectivity index (χ2n) is 7.70. The summed E-state index contributed by atoms with van der Waals surface area (Å²) in [7, 11) is 2.29. The number of aliphatic hydroxyl groups excluding tert-OH is 1. The molecule has 4 unspecified atom stereocenters. The van der Waals surface area contributed by atoms with Crippen molar-refractivity contribution in [3.05, 3.63) is 0 Å². The first-order valence-electron chi connectivity index (χ1n) is 8.36. The molecule has 112 valence electrons. The molecule has 0 aliphatic heterocycles. The second kappa shape index (κ2) is 6.58. The topological polar surface area (TPSA) is 23.5 Å². The van der Waals surface area contributed by atoms with Gasteiger partial charge in [-0.15, -0.1) is 0 Å². The summed E-state index contributed by atoms with van der Waals surface area (Å²) in [5.41, 5.74) is 0.188. The molecule has 2 saturated carbocycles. The lowest BCUT2D eigenvalue weighted by Crippen LogP contribution is -2.46. The SMILES string of the molecule is CC1CCCC(N(C)CC2(CO)CCCC(C)C2)C1. The van der Waals surface area contributed by atoms with Crippen LogP contribution in [-0.4, -0.2) is 36.2 Å². The van der Waals surface area contributed by atoms with E-state index in [0.717, 1.165) is 24.4 Å². The maximum atomic E-state index is 9.93. The zero-order valence-corrected chi connectivity index (χ0v) is 13.2. The van der Waals surface area contributed by atoms with Gasteiger partial charge in [-0.1, -0.05) is 39.5 Å². The molecule has 0 spiro atoms. The predicted molar refractivity (Wildman–Crippen MR) is 81.2 cm³/mol. The van der Waals surface area contributed by atoms with E-state index >= 15 is 0 Å². The lowest BCUT2D eigenvalue weighted by Gasteiger charge is -2.44. The van der Waals surface area contributed by atoms with Gasteiger partial charge >= 0.3 is 0 Å². The molecule has 0 radical (unpaired) electrons. The highest BCUT2D eigenvalue weighted by molar-refractivity contribution is 4.89. The third-order valence-electron chi connectivity index (χ3n) is 5.64. The van der Waals surface area contributed by atoms with Gasteiger partial charge in [0, 0.05) is 24.6 Å². The zero-order chi connectivity index (χ0) is 13.9. The fourth-order valence-corrected chi connectivity index (χ4v) is 4.57. The molecule has 0 amide bonds. The van der Waals surface area contributed by atoms with Crippen molar-refractivity contribution >= 4 is 0 Å². The summed E-state index contributed by atoms with van der Waals surface area (Å²) < 4.78 is 0. The van der Waals surface area contributed by atoms with Crippen LogP contribution in [0.4, 0.5) is 0 Å². The second-order valence-corrected chi connectivity index (χ2v) is 7.70. The molecule has 0 aromatic rings. The summed E-state index contributed by atoms with van der Waals surface area (Å²) in [6.45, 7) is 6.23. The van der Waals surface area contributed by atoms with Crippen LogP contribution in [0.15, 0.2) is 0 Å². The van der Waals surface area contributed by atoms with E-state index in [9.17, 15) is 5.11 Å². The standard InChI is InChI=1S/C17H33NO/c1-14-6-4-8-16(10-14)18(3)12-17(13-19)9-5-7-15(2)11-17/h14-16,19H,4-13H2,1-3H3. The average molecular weight is 267 g/mol. The Balaban J connectivity index is 1.93. The van der Waals surface area contributed by atoms with Crippen molar-refractivity contribution in [1.82, 2.24) is 4.90 Å². The third kappa shape index (κ3) is 3.95. The fourth-order valence-electron chi connectivity index (χ4n) is 4.57. The van der Waals surface area contributed by atoms with Crippen LogP contribution in [-0.2, 0) is 0 Å². The van der Waals surface area contributed by atoms with Crippen molar-refractivity contribution in [1.29, 1.82) is 0 Å². The van der Waals surface area contributed by atoms with E-state index in [0.29, 0.717) is 6.61 Å². The van der Waals surface area contributed by atoms with Crippen LogP contribution < -0.4 is 0 Å². The van der Waals surface area contributed by atoms with Crippen molar-refractivity contribution in [2.45, 2.75) is 71.3 Å². The summed E-state index contributed by atoms with van der Waals surface area (Å²) in [5.74, 6) is 1.68. The molecule has 2 aliphatic carbocycles.